The minimum atomic E-state index is -1.07. The molecule has 1 aromatic heterocycles. The van der Waals surface area contributed by atoms with Crippen molar-refractivity contribution in [1.29, 1.82) is 0 Å². The number of amides is 2. The van der Waals surface area contributed by atoms with Gasteiger partial charge in [-0.2, -0.15) is 0 Å². The van der Waals surface area contributed by atoms with Crippen LogP contribution < -0.4 is 14.2 Å². The average molecular weight is 797 g/mol. The summed E-state index contributed by atoms with van der Waals surface area (Å²) in [5.41, 5.74) is 0.550. The molecule has 0 spiro atoms. The van der Waals surface area contributed by atoms with E-state index in [4.69, 9.17) is 28.1 Å². The quantitative estimate of drug-likeness (QED) is 0.170. The standard InChI is InChI=1S/C22H25NO6.C22H23NO6/c2*1-22(2,3)29-21(26)23-12-14(11-17(23)20(24)25)28-18-6-4-5-16-15(18)8-7-13-9-10-27-19(13)16/h4-8,14,17H,9-12H2,1-3H3,(H,24,25);4-10,14,17H,11-12H2,1-3H3,(H,24,25)/t2*14-,17+/m11/s1. The summed E-state index contributed by atoms with van der Waals surface area (Å²) in [6.45, 7) is 11.5. The Balaban J connectivity index is 0.000000177. The highest BCUT2D eigenvalue weighted by Crippen LogP contribution is 2.39. The van der Waals surface area contributed by atoms with Gasteiger partial charge in [-0.25, -0.2) is 19.2 Å². The summed E-state index contributed by atoms with van der Waals surface area (Å²) < 4.78 is 34.4. The zero-order valence-corrected chi connectivity index (χ0v) is 33.4. The molecule has 0 unspecified atom stereocenters. The molecule has 3 aliphatic heterocycles. The first-order chi connectivity index (χ1) is 27.5. The molecule has 4 heterocycles. The van der Waals surface area contributed by atoms with Gasteiger partial charge in [-0.05, 0) is 71.4 Å². The van der Waals surface area contributed by atoms with Crippen molar-refractivity contribution in [2.45, 2.75) is 96.3 Å². The van der Waals surface area contributed by atoms with Crippen molar-refractivity contribution >= 4 is 56.6 Å². The van der Waals surface area contributed by atoms with Crippen LogP contribution in [0.4, 0.5) is 9.59 Å². The molecule has 4 aromatic carbocycles. The molecular weight excluding hydrogens is 748 g/mol. The Morgan fingerprint density at radius 3 is 1.71 bits per heavy atom. The molecule has 0 radical (unpaired) electrons. The third kappa shape index (κ3) is 8.55. The Hall–Kier alpha value is -6.18. The van der Waals surface area contributed by atoms with E-state index in [1.54, 1.807) is 47.8 Å². The van der Waals surface area contributed by atoms with Gasteiger partial charge in [-0.3, -0.25) is 9.80 Å². The molecule has 14 nitrogen and oxygen atoms in total. The van der Waals surface area contributed by atoms with E-state index in [1.807, 2.05) is 66.7 Å². The number of nitrogens with zero attached hydrogens (tertiary/aromatic N) is 2. The minimum Gasteiger partial charge on any atom is -0.492 e. The molecule has 8 rings (SSSR count). The molecule has 4 atom stereocenters. The number of hydrogen-bond donors (Lipinski definition) is 2. The van der Waals surface area contributed by atoms with Crippen molar-refractivity contribution in [2.75, 3.05) is 19.7 Å². The van der Waals surface area contributed by atoms with E-state index in [2.05, 4.69) is 0 Å². The van der Waals surface area contributed by atoms with Gasteiger partial charge in [0.15, 0.2) is 0 Å². The highest BCUT2D eigenvalue weighted by Gasteiger charge is 2.44. The Labute approximate surface area is 335 Å². The number of carboxylic acid groups (broad SMARTS) is 2. The Morgan fingerprint density at radius 2 is 1.17 bits per heavy atom. The average Bonchev–Trinajstić information content (AvgIpc) is 3.96. The summed E-state index contributed by atoms with van der Waals surface area (Å²) in [4.78, 5) is 50.8. The van der Waals surface area contributed by atoms with Crippen molar-refractivity contribution < 1.29 is 57.5 Å². The van der Waals surface area contributed by atoms with Gasteiger partial charge in [0.2, 0.25) is 0 Å². The predicted molar refractivity (Wildman–Crippen MR) is 214 cm³/mol. The number of rotatable bonds is 6. The van der Waals surface area contributed by atoms with Gasteiger partial charge in [0, 0.05) is 46.2 Å². The number of benzene rings is 4. The number of aliphatic carboxylic acids is 2. The van der Waals surface area contributed by atoms with E-state index in [-0.39, 0.29) is 25.9 Å². The first-order valence-corrected chi connectivity index (χ1v) is 19.3. The van der Waals surface area contributed by atoms with Crippen LogP contribution in [0, 0.1) is 0 Å². The van der Waals surface area contributed by atoms with E-state index < -0.39 is 59.6 Å². The summed E-state index contributed by atoms with van der Waals surface area (Å²) in [6.07, 6.45) is 0.742. The molecule has 14 heteroatoms. The largest absolute Gasteiger partial charge is 0.492 e. The summed E-state index contributed by atoms with van der Waals surface area (Å²) in [6, 6.07) is 19.3. The van der Waals surface area contributed by atoms with Crippen molar-refractivity contribution in [3.8, 4) is 17.2 Å². The predicted octanol–water partition coefficient (Wildman–Crippen LogP) is 8.04. The lowest BCUT2D eigenvalue weighted by molar-refractivity contribution is -0.142. The number of likely N-dealkylation sites (tertiary alicyclic amines) is 2. The number of hydrogen-bond acceptors (Lipinski definition) is 10. The fourth-order valence-electron chi connectivity index (χ4n) is 7.58. The first-order valence-electron chi connectivity index (χ1n) is 19.3. The maximum Gasteiger partial charge on any atom is 0.411 e. The van der Waals surface area contributed by atoms with Crippen LogP contribution in [-0.2, 0) is 25.5 Å². The van der Waals surface area contributed by atoms with Gasteiger partial charge in [-0.15, -0.1) is 0 Å². The number of fused-ring (bicyclic) bond motifs is 6. The molecule has 5 aromatic rings. The first kappa shape index (κ1) is 40.0. The number of furan rings is 1. The normalized spacial score (nSPS) is 20.3. The van der Waals surface area contributed by atoms with Crippen molar-refractivity contribution in [2.24, 2.45) is 0 Å². The minimum absolute atomic E-state index is 0.144. The van der Waals surface area contributed by atoms with Crippen LogP contribution in [0.2, 0.25) is 0 Å². The molecule has 306 valence electrons. The van der Waals surface area contributed by atoms with Crippen LogP contribution in [0.1, 0.15) is 59.9 Å². The lowest BCUT2D eigenvalue weighted by Gasteiger charge is -2.26. The molecular formula is C44H48N2O12. The highest BCUT2D eigenvalue weighted by molar-refractivity contribution is 6.06. The van der Waals surface area contributed by atoms with Gasteiger partial charge in [0.1, 0.15) is 58.3 Å². The van der Waals surface area contributed by atoms with Crippen molar-refractivity contribution in [1.82, 2.24) is 9.80 Å². The topological polar surface area (TPSA) is 175 Å². The Bertz CT molecular complexity index is 2370. The van der Waals surface area contributed by atoms with Crippen molar-refractivity contribution in [3.63, 3.8) is 0 Å². The number of carboxylic acids is 2. The Morgan fingerprint density at radius 1 is 0.655 bits per heavy atom. The second-order valence-electron chi connectivity index (χ2n) is 16.7. The smallest absolute Gasteiger partial charge is 0.411 e. The van der Waals surface area contributed by atoms with E-state index in [1.165, 1.54) is 15.4 Å². The fraction of sp³-hybridized carbons (Fsp3) is 0.409. The van der Waals surface area contributed by atoms with E-state index in [0.29, 0.717) is 18.1 Å². The zero-order chi connectivity index (χ0) is 41.5. The zero-order valence-electron chi connectivity index (χ0n) is 33.4. The van der Waals surface area contributed by atoms with Crippen LogP contribution in [0.3, 0.4) is 0 Å². The second-order valence-corrected chi connectivity index (χ2v) is 16.7. The molecule has 2 amide bonds. The van der Waals surface area contributed by atoms with Gasteiger partial charge in [0.05, 0.1) is 26.0 Å². The van der Waals surface area contributed by atoms with Gasteiger partial charge < -0.3 is 38.3 Å². The van der Waals surface area contributed by atoms with Crippen molar-refractivity contribution in [3.05, 3.63) is 78.6 Å². The van der Waals surface area contributed by atoms with Gasteiger partial charge in [0.25, 0.3) is 0 Å². The molecule has 58 heavy (non-hydrogen) atoms. The second kappa shape index (κ2) is 15.6. The Kier molecular flexibility index (Phi) is 10.8. The molecule has 3 aliphatic rings. The maximum atomic E-state index is 12.5. The molecule has 2 fully saturated rings. The van der Waals surface area contributed by atoms with Crippen LogP contribution in [-0.4, -0.2) is 99.3 Å². The summed E-state index contributed by atoms with van der Waals surface area (Å²) >= 11 is 0. The third-order valence-corrected chi connectivity index (χ3v) is 10.0. The molecule has 0 saturated carbocycles. The molecule has 2 saturated heterocycles. The lowest BCUT2D eigenvalue weighted by atomic mass is 10.0. The highest BCUT2D eigenvalue weighted by atomic mass is 16.6. The lowest BCUT2D eigenvalue weighted by Crippen LogP contribution is -2.43. The summed E-state index contributed by atoms with van der Waals surface area (Å²) in [7, 11) is 0. The maximum absolute atomic E-state index is 12.5. The molecule has 0 bridgehead atoms. The molecule has 2 N–H and O–H groups in total. The fourth-order valence-corrected chi connectivity index (χ4v) is 7.58. The van der Waals surface area contributed by atoms with E-state index >= 15 is 0 Å². The number of carbonyl (C=O) groups excluding carboxylic acids is 2. The number of carbonyl (C=O) groups is 4. The van der Waals surface area contributed by atoms with Crippen LogP contribution in [0.25, 0.3) is 32.5 Å². The van der Waals surface area contributed by atoms with Crippen LogP contribution in [0.15, 0.2) is 77.4 Å². The van der Waals surface area contributed by atoms with Gasteiger partial charge in [-0.1, -0.05) is 42.5 Å². The van der Waals surface area contributed by atoms with Crippen LogP contribution in [0.5, 0.6) is 17.2 Å². The molecule has 0 aliphatic carbocycles. The van der Waals surface area contributed by atoms with Gasteiger partial charge >= 0.3 is 24.1 Å². The monoisotopic (exact) mass is 796 g/mol. The SMILES string of the molecule is CC(C)(C)OC(=O)N1C[C@H](Oc2cccc3c2ccc2ccoc23)C[C@H]1C(=O)O.CC(C)(C)OC(=O)N1C[C@H](Oc2cccc3c4c(ccc23)CCO4)C[C@H]1C(=O)O. The third-order valence-electron chi connectivity index (χ3n) is 10.0. The van der Waals surface area contributed by atoms with E-state index in [9.17, 15) is 29.4 Å². The van der Waals surface area contributed by atoms with Crippen LogP contribution >= 0.6 is 0 Å². The summed E-state index contributed by atoms with van der Waals surface area (Å²) in [5, 5.41) is 23.8. The van der Waals surface area contributed by atoms with E-state index in [0.717, 1.165) is 44.7 Å². The number of ether oxygens (including phenoxy) is 5. The summed E-state index contributed by atoms with van der Waals surface area (Å²) in [5.74, 6) is 0.0309.